The Morgan fingerprint density at radius 3 is 2.96 bits per heavy atom. The number of rotatable bonds is 7. The SMILES string of the molecule is CN1CCC[C@H]1COc1cncc(-c2cccc(CCCO)c2)c1. The lowest BCUT2D eigenvalue weighted by Crippen LogP contribution is -2.30. The molecule has 1 aliphatic rings. The largest absolute Gasteiger partial charge is 0.490 e. The number of nitrogens with zero attached hydrogens (tertiary/aromatic N) is 2. The first-order valence-electron chi connectivity index (χ1n) is 8.74. The molecule has 0 bridgehead atoms. The third kappa shape index (κ3) is 4.34. The second-order valence-corrected chi connectivity index (χ2v) is 6.52. The number of hydrogen-bond acceptors (Lipinski definition) is 4. The third-order valence-electron chi connectivity index (χ3n) is 4.71. The predicted octanol–water partition coefficient (Wildman–Crippen LogP) is 3.15. The molecule has 3 rings (SSSR count). The maximum Gasteiger partial charge on any atom is 0.138 e. The van der Waals surface area contributed by atoms with Crippen molar-refractivity contribution in [2.45, 2.75) is 31.7 Å². The van der Waals surface area contributed by atoms with E-state index in [2.05, 4.69) is 47.3 Å². The zero-order valence-corrected chi connectivity index (χ0v) is 14.3. The van der Waals surface area contributed by atoms with Gasteiger partial charge in [0.15, 0.2) is 0 Å². The summed E-state index contributed by atoms with van der Waals surface area (Å²) >= 11 is 0. The predicted molar refractivity (Wildman–Crippen MR) is 96.2 cm³/mol. The molecule has 0 radical (unpaired) electrons. The number of benzene rings is 1. The van der Waals surface area contributed by atoms with Crippen molar-refractivity contribution in [3.05, 3.63) is 48.3 Å². The quantitative estimate of drug-likeness (QED) is 0.849. The highest BCUT2D eigenvalue weighted by atomic mass is 16.5. The summed E-state index contributed by atoms with van der Waals surface area (Å²) in [5.41, 5.74) is 3.44. The van der Waals surface area contributed by atoms with Crippen LogP contribution < -0.4 is 4.74 Å². The van der Waals surface area contributed by atoms with Gasteiger partial charge in [-0.3, -0.25) is 4.98 Å². The van der Waals surface area contributed by atoms with E-state index in [4.69, 9.17) is 9.84 Å². The lowest BCUT2D eigenvalue weighted by Gasteiger charge is -2.19. The summed E-state index contributed by atoms with van der Waals surface area (Å²) in [5, 5.41) is 8.99. The minimum absolute atomic E-state index is 0.227. The van der Waals surface area contributed by atoms with Crippen molar-refractivity contribution in [3.63, 3.8) is 0 Å². The summed E-state index contributed by atoms with van der Waals surface area (Å²) in [6.45, 7) is 2.11. The van der Waals surface area contributed by atoms with Crippen LogP contribution in [0.25, 0.3) is 11.1 Å². The molecule has 0 spiro atoms. The van der Waals surface area contributed by atoms with Crippen molar-refractivity contribution in [2.24, 2.45) is 0 Å². The molecule has 4 nitrogen and oxygen atoms in total. The van der Waals surface area contributed by atoms with Gasteiger partial charge in [0, 0.05) is 24.4 Å². The van der Waals surface area contributed by atoms with Gasteiger partial charge in [0.2, 0.25) is 0 Å². The second kappa shape index (κ2) is 8.27. The number of pyridine rings is 1. The number of likely N-dealkylation sites (tertiary alicyclic amines) is 1. The van der Waals surface area contributed by atoms with E-state index < -0.39 is 0 Å². The lowest BCUT2D eigenvalue weighted by molar-refractivity contribution is 0.198. The molecule has 1 aromatic heterocycles. The summed E-state index contributed by atoms with van der Waals surface area (Å²) < 4.78 is 5.98. The number of aliphatic hydroxyl groups is 1. The fourth-order valence-electron chi connectivity index (χ4n) is 3.23. The Hall–Kier alpha value is -1.91. The molecule has 1 aromatic carbocycles. The van der Waals surface area contributed by atoms with Gasteiger partial charge in [0.25, 0.3) is 0 Å². The minimum Gasteiger partial charge on any atom is -0.490 e. The van der Waals surface area contributed by atoms with Crippen molar-refractivity contribution in [2.75, 3.05) is 26.8 Å². The van der Waals surface area contributed by atoms with Crippen LogP contribution in [0, 0.1) is 0 Å². The molecule has 1 fully saturated rings. The average Bonchev–Trinajstić information content (AvgIpc) is 3.04. The first-order valence-corrected chi connectivity index (χ1v) is 8.74. The van der Waals surface area contributed by atoms with Crippen molar-refractivity contribution in [1.82, 2.24) is 9.88 Å². The Kier molecular flexibility index (Phi) is 5.83. The molecule has 2 heterocycles. The maximum absolute atomic E-state index is 8.99. The van der Waals surface area contributed by atoms with Crippen molar-refractivity contribution in [1.29, 1.82) is 0 Å². The van der Waals surface area contributed by atoms with Crippen LogP contribution in [0.2, 0.25) is 0 Å². The van der Waals surface area contributed by atoms with E-state index in [-0.39, 0.29) is 6.61 Å². The Morgan fingerprint density at radius 1 is 1.25 bits per heavy atom. The smallest absolute Gasteiger partial charge is 0.138 e. The molecule has 4 heteroatoms. The van der Waals surface area contributed by atoms with E-state index in [1.807, 2.05) is 6.20 Å². The summed E-state index contributed by atoms with van der Waals surface area (Å²) in [4.78, 5) is 6.70. The van der Waals surface area contributed by atoms with Crippen LogP contribution in [0.1, 0.15) is 24.8 Å². The monoisotopic (exact) mass is 326 g/mol. The van der Waals surface area contributed by atoms with E-state index in [9.17, 15) is 0 Å². The van der Waals surface area contributed by atoms with Gasteiger partial charge in [0.05, 0.1) is 6.20 Å². The molecule has 0 aliphatic carbocycles. The van der Waals surface area contributed by atoms with Gasteiger partial charge >= 0.3 is 0 Å². The number of aromatic nitrogens is 1. The third-order valence-corrected chi connectivity index (χ3v) is 4.71. The Labute approximate surface area is 144 Å². The van der Waals surface area contributed by atoms with Crippen molar-refractivity contribution < 1.29 is 9.84 Å². The Morgan fingerprint density at radius 2 is 2.17 bits per heavy atom. The topological polar surface area (TPSA) is 45.6 Å². The highest BCUT2D eigenvalue weighted by Crippen LogP contribution is 2.25. The highest BCUT2D eigenvalue weighted by molar-refractivity contribution is 5.64. The number of ether oxygens (including phenoxy) is 1. The first kappa shape index (κ1) is 16.9. The average molecular weight is 326 g/mol. The van der Waals surface area contributed by atoms with Crippen LogP contribution in [0.15, 0.2) is 42.7 Å². The molecular weight excluding hydrogens is 300 g/mol. The van der Waals surface area contributed by atoms with E-state index in [1.165, 1.54) is 18.4 Å². The molecule has 1 atom stereocenters. The van der Waals surface area contributed by atoms with Crippen LogP contribution in [-0.4, -0.2) is 47.8 Å². The summed E-state index contributed by atoms with van der Waals surface area (Å²) in [7, 11) is 2.16. The van der Waals surface area contributed by atoms with Gasteiger partial charge in [0.1, 0.15) is 12.4 Å². The fraction of sp³-hybridized carbons (Fsp3) is 0.450. The fourth-order valence-corrected chi connectivity index (χ4v) is 3.23. The van der Waals surface area contributed by atoms with Gasteiger partial charge in [-0.15, -0.1) is 0 Å². The summed E-state index contributed by atoms with van der Waals surface area (Å²) in [6, 6.07) is 11.0. The number of aryl methyl sites for hydroxylation is 1. The van der Waals surface area contributed by atoms with Gasteiger partial charge in [-0.1, -0.05) is 24.3 Å². The summed E-state index contributed by atoms with van der Waals surface area (Å²) in [5.74, 6) is 0.827. The summed E-state index contributed by atoms with van der Waals surface area (Å²) in [6.07, 6.45) is 7.80. The minimum atomic E-state index is 0.227. The van der Waals surface area contributed by atoms with Gasteiger partial charge in [-0.2, -0.15) is 0 Å². The molecule has 1 aliphatic heterocycles. The van der Waals surface area contributed by atoms with E-state index >= 15 is 0 Å². The van der Waals surface area contributed by atoms with Crippen LogP contribution in [0.5, 0.6) is 5.75 Å². The van der Waals surface area contributed by atoms with E-state index in [0.717, 1.165) is 42.9 Å². The molecule has 0 amide bonds. The molecule has 1 N–H and O–H groups in total. The number of likely N-dealkylation sites (N-methyl/N-ethyl adjacent to an activating group) is 1. The molecule has 2 aromatic rings. The second-order valence-electron chi connectivity index (χ2n) is 6.52. The normalized spacial score (nSPS) is 18.0. The lowest BCUT2D eigenvalue weighted by atomic mass is 10.0. The standard InChI is InChI=1S/C20H26N2O2/c1-22-9-3-8-19(22)15-24-20-12-18(13-21-14-20)17-7-2-5-16(11-17)6-4-10-23/h2,5,7,11-14,19,23H,3-4,6,8-10,15H2,1H3/t19-/m0/s1. The molecule has 0 unspecified atom stereocenters. The van der Waals surface area contributed by atoms with Gasteiger partial charge in [-0.05, 0) is 56.5 Å². The highest BCUT2D eigenvalue weighted by Gasteiger charge is 2.21. The Balaban J connectivity index is 1.68. The van der Waals surface area contributed by atoms with Crippen molar-refractivity contribution >= 4 is 0 Å². The molecular formula is C20H26N2O2. The maximum atomic E-state index is 8.99. The van der Waals surface area contributed by atoms with Crippen molar-refractivity contribution in [3.8, 4) is 16.9 Å². The van der Waals surface area contributed by atoms with Crippen LogP contribution in [0.3, 0.4) is 0 Å². The van der Waals surface area contributed by atoms with Gasteiger partial charge in [-0.25, -0.2) is 0 Å². The molecule has 1 saturated heterocycles. The van der Waals surface area contributed by atoms with E-state index in [0.29, 0.717) is 6.04 Å². The molecule has 24 heavy (non-hydrogen) atoms. The van der Waals surface area contributed by atoms with Crippen LogP contribution in [-0.2, 0) is 6.42 Å². The zero-order valence-electron chi connectivity index (χ0n) is 14.3. The van der Waals surface area contributed by atoms with Gasteiger partial charge < -0.3 is 14.7 Å². The van der Waals surface area contributed by atoms with Crippen LogP contribution in [0.4, 0.5) is 0 Å². The van der Waals surface area contributed by atoms with Crippen LogP contribution >= 0.6 is 0 Å². The Bertz CT molecular complexity index is 660. The molecule has 0 saturated carbocycles. The van der Waals surface area contributed by atoms with E-state index in [1.54, 1.807) is 6.20 Å². The zero-order chi connectivity index (χ0) is 16.8. The first-order chi connectivity index (χ1) is 11.8. The number of aliphatic hydroxyl groups excluding tert-OH is 1. The molecule has 128 valence electrons. The number of hydrogen-bond donors (Lipinski definition) is 1.